The van der Waals surface area contributed by atoms with Crippen LogP contribution in [-0.2, 0) is 9.59 Å². The van der Waals surface area contributed by atoms with Gasteiger partial charge in [0.25, 0.3) is 0 Å². The SMILES string of the molecule is C[C@@H]1CC[C@]2(C(=O)O)CC[C@]3(C)C(=CC[C@@H]4[C@@]5(C)CC[C@H](O)C(C)(C)[C@@H]5C(=O)C[C@]43C)[C@@H]2[C@]1(C)O. The molecule has 0 aromatic carbocycles. The van der Waals surface area contributed by atoms with Crippen molar-refractivity contribution in [1.29, 1.82) is 0 Å². The van der Waals surface area contributed by atoms with Gasteiger partial charge in [-0.05, 0) is 80.0 Å². The number of rotatable bonds is 1. The van der Waals surface area contributed by atoms with Crippen molar-refractivity contribution in [1.82, 2.24) is 0 Å². The number of allylic oxidation sites excluding steroid dienone is 1. The number of aliphatic hydroxyl groups excluding tert-OH is 1. The third kappa shape index (κ3) is 2.83. The predicted octanol–water partition coefficient (Wildman–Crippen LogP) is 5.38. The van der Waals surface area contributed by atoms with Crippen LogP contribution in [0.4, 0.5) is 0 Å². The average Bonchev–Trinajstić information content (AvgIpc) is 2.74. The third-order valence-electron chi connectivity index (χ3n) is 13.1. The van der Waals surface area contributed by atoms with Crippen LogP contribution in [0.5, 0.6) is 0 Å². The van der Waals surface area contributed by atoms with Crippen LogP contribution in [0.2, 0.25) is 0 Å². The smallest absolute Gasteiger partial charge is 0.310 e. The lowest BCUT2D eigenvalue weighted by molar-refractivity contribution is -0.214. The van der Waals surface area contributed by atoms with E-state index < -0.39 is 34.4 Å². The molecule has 0 aromatic heterocycles. The molecule has 5 rings (SSSR count). The topological polar surface area (TPSA) is 94.8 Å². The molecule has 10 atom stereocenters. The summed E-state index contributed by atoms with van der Waals surface area (Å²) in [5.74, 6) is -0.824. The number of hydrogen-bond donors (Lipinski definition) is 3. The number of aliphatic carboxylic acids is 1. The number of Topliss-reactive ketones (excluding diaryl/α,β-unsaturated/α-hetero) is 1. The van der Waals surface area contributed by atoms with E-state index in [9.17, 15) is 24.9 Å². The summed E-state index contributed by atoms with van der Waals surface area (Å²) in [5.41, 5.74) is -2.25. The van der Waals surface area contributed by atoms with Gasteiger partial charge in [-0.2, -0.15) is 0 Å². The number of ketones is 1. The Balaban J connectivity index is 1.67. The summed E-state index contributed by atoms with van der Waals surface area (Å²) >= 11 is 0. The lowest BCUT2D eigenvalue weighted by Gasteiger charge is -2.71. The van der Waals surface area contributed by atoms with Gasteiger partial charge in [-0.15, -0.1) is 0 Å². The van der Waals surface area contributed by atoms with Gasteiger partial charge in [-0.3, -0.25) is 9.59 Å². The van der Waals surface area contributed by atoms with Crippen molar-refractivity contribution < 1.29 is 24.9 Å². The van der Waals surface area contributed by atoms with Crippen LogP contribution in [0.25, 0.3) is 0 Å². The van der Waals surface area contributed by atoms with Gasteiger partial charge in [0.2, 0.25) is 0 Å². The van der Waals surface area contributed by atoms with Crippen molar-refractivity contribution in [3.63, 3.8) is 0 Å². The molecule has 0 spiro atoms. The molecule has 5 aliphatic carbocycles. The Morgan fingerprint density at radius 3 is 2.26 bits per heavy atom. The van der Waals surface area contributed by atoms with Crippen LogP contribution in [0.15, 0.2) is 11.6 Å². The van der Waals surface area contributed by atoms with Gasteiger partial charge in [0.05, 0.1) is 17.1 Å². The molecule has 0 bridgehead atoms. The maximum absolute atomic E-state index is 14.0. The Kier molecular flexibility index (Phi) is 5.25. The van der Waals surface area contributed by atoms with E-state index in [1.54, 1.807) is 0 Å². The van der Waals surface area contributed by atoms with Crippen LogP contribution >= 0.6 is 0 Å². The largest absolute Gasteiger partial charge is 0.481 e. The van der Waals surface area contributed by atoms with E-state index in [-0.39, 0.29) is 39.8 Å². The molecule has 0 saturated heterocycles. The fraction of sp³-hybridized carbons (Fsp3) is 0.867. The zero-order chi connectivity index (χ0) is 26.0. The van der Waals surface area contributed by atoms with Gasteiger partial charge in [0, 0.05) is 23.7 Å². The number of carbonyl (C=O) groups is 2. The molecule has 35 heavy (non-hydrogen) atoms. The second-order valence-electron chi connectivity index (χ2n) is 14.7. The first-order valence-corrected chi connectivity index (χ1v) is 13.9. The molecule has 0 radical (unpaired) electrons. The molecule has 0 aromatic rings. The first-order valence-electron chi connectivity index (χ1n) is 13.9. The van der Waals surface area contributed by atoms with Crippen LogP contribution < -0.4 is 0 Å². The number of hydrogen-bond acceptors (Lipinski definition) is 4. The molecule has 4 saturated carbocycles. The summed E-state index contributed by atoms with van der Waals surface area (Å²) in [7, 11) is 0. The Hall–Kier alpha value is -1.20. The average molecular weight is 487 g/mol. The Labute approximate surface area is 210 Å². The minimum absolute atomic E-state index is 0.0178. The van der Waals surface area contributed by atoms with Crippen LogP contribution in [0, 0.1) is 50.7 Å². The maximum Gasteiger partial charge on any atom is 0.310 e. The molecule has 5 nitrogen and oxygen atoms in total. The Morgan fingerprint density at radius 2 is 1.63 bits per heavy atom. The van der Waals surface area contributed by atoms with Crippen molar-refractivity contribution >= 4 is 11.8 Å². The van der Waals surface area contributed by atoms with Crippen molar-refractivity contribution in [3.8, 4) is 0 Å². The zero-order valence-corrected chi connectivity index (χ0v) is 22.8. The zero-order valence-electron chi connectivity index (χ0n) is 22.8. The summed E-state index contributed by atoms with van der Waals surface area (Å²) < 4.78 is 0. The van der Waals surface area contributed by atoms with Gasteiger partial charge in [0.1, 0.15) is 5.78 Å². The van der Waals surface area contributed by atoms with Crippen LogP contribution in [0.1, 0.15) is 99.8 Å². The van der Waals surface area contributed by atoms with Crippen molar-refractivity contribution in [2.24, 2.45) is 50.7 Å². The fourth-order valence-corrected chi connectivity index (χ4v) is 10.7. The summed E-state index contributed by atoms with van der Waals surface area (Å²) in [5, 5.41) is 33.2. The fourth-order valence-electron chi connectivity index (χ4n) is 10.7. The number of carboxylic acids is 1. The second kappa shape index (κ2) is 7.22. The highest BCUT2D eigenvalue weighted by molar-refractivity contribution is 5.85. The standard InChI is InChI=1S/C30H46O5/c1-17-10-13-30(24(33)34)15-14-27(5)18(22(30)29(17,7)35)8-9-20-26(4)12-11-21(32)25(2,3)23(26)19(31)16-28(20,27)6/h8,17,20-23,32,35H,9-16H2,1-7H3,(H,33,34)/t17-,20-,21+,22-,23+,26-,27-,28-,29-,30+/m1/s1. The van der Waals surface area contributed by atoms with Crippen molar-refractivity contribution in [2.75, 3.05) is 0 Å². The first-order chi connectivity index (χ1) is 16.0. The van der Waals surface area contributed by atoms with Crippen LogP contribution in [0.3, 0.4) is 0 Å². The second-order valence-corrected chi connectivity index (χ2v) is 14.7. The highest BCUT2D eigenvalue weighted by Crippen LogP contribution is 2.75. The predicted molar refractivity (Wildman–Crippen MR) is 134 cm³/mol. The Morgan fingerprint density at radius 1 is 0.971 bits per heavy atom. The lowest BCUT2D eigenvalue weighted by atomic mass is 9.33. The molecule has 0 amide bonds. The summed E-state index contributed by atoms with van der Waals surface area (Å²) in [6.07, 6.45) is 7.26. The van der Waals surface area contributed by atoms with E-state index in [0.29, 0.717) is 25.7 Å². The van der Waals surface area contributed by atoms with Gasteiger partial charge >= 0.3 is 5.97 Å². The molecule has 4 fully saturated rings. The highest BCUT2D eigenvalue weighted by atomic mass is 16.4. The molecular formula is C30H46O5. The monoisotopic (exact) mass is 486 g/mol. The van der Waals surface area contributed by atoms with E-state index in [0.717, 1.165) is 31.3 Å². The molecule has 0 unspecified atom stereocenters. The van der Waals surface area contributed by atoms with E-state index in [2.05, 4.69) is 47.6 Å². The number of fused-ring (bicyclic) bond motifs is 7. The minimum atomic E-state index is -1.10. The van der Waals surface area contributed by atoms with E-state index >= 15 is 0 Å². The van der Waals surface area contributed by atoms with E-state index in [4.69, 9.17) is 0 Å². The first kappa shape index (κ1) is 25.4. The molecule has 196 valence electrons. The minimum Gasteiger partial charge on any atom is -0.481 e. The van der Waals surface area contributed by atoms with Gasteiger partial charge in [-0.25, -0.2) is 0 Å². The molecule has 3 N–H and O–H groups in total. The van der Waals surface area contributed by atoms with Crippen LogP contribution in [-0.4, -0.2) is 38.8 Å². The normalized spacial score (nSPS) is 55.1. The number of carbonyl (C=O) groups excluding carboxylic acids is 1. The molecule has 5 aliphatic rings. The van der Waals surface area contributed by atoms with Gasteiger partial charge < -0.3 is 15.3 Å². The molecule has 0 heterocycles. The maximum atomic E-state index is 14.0. The number of carboxylic acid groups (broad SMARTS) is 1. The highest BCUT2D eigenvalue weighted by Gasteiger charge is 2.72. The molecular weight excluding hydrogens is 440 g/mol. The summed E-state index contributed by atoms with van der Waals surface area (Å²) in [4.78, 5) is 26.9. The summed E-state index contributed by atoms with van der Waals surface area (Å²) in [6.45, 7) is 14.9. The summed E-state index contributed by atoms with van der Waals surface area (Å²) in [6, 6.07) is 0. The quantitative estimate of drug-likeness (QED) is 0.432. The Bertz CT molecular complexity index is 995. The molecule has 5 heteroatoms. The van der Waals surface area contributed by atoms with Crippen molar-refractivity contribution in [2.45, 2.75) is 112 Å². The number of aliphatic hydroxyl groups is 2. The van der Waals surface area contributed by atoms with Gasteiger partial charge in [0.15, 0.2) is 0 Å². The lowest BCUT2D eigenvalue weighted by Crippen LogP contribution is -2.69. The molecule has 0 aliphatic heterocycles. The third-order valence-corrected chi connectivity index (χ3v) is 13.1. The van der Waals surface area contributed by atoms with Gasteiger partial charge in [-0.1, -0.05) is 53.2 Å². The van der Waals surface area contributed by atoms with E-state index in [1.165, 1.54) is 0 Å². The van der Waals surface area contributed by atoms with Crippen molar-refractivity contribution in [3.05, 3.63) is 11.6 Å². The van der Waals surface area contributed by atoms with E-state index in [1.807, 2.05) is 6.92 Å².